The molecule has 1 N–H and O–H groups in total. The van der Waals surface area contributed by atoms with Crippen molar-refractivity contribution in [3.63, 3.8) is 0 Å². The van der Waals surface area contributed by atoms with E-state index < -0.39 is 0 Å². The first kappa shape index (κ1) is 15.8. The molecule has 2 aromatic carbocycles. The molecule has 0 saturated carbocycles. The van der Waals surface area contributed by atoms with Gasteiger partial charge in [0.1, 0.15) is 5.52 Å². The molecule has 0 spiro atoms. The second kappa shape index (κ2) is 7.06. The van der Waals surface area contributed by atoms with Gasteiger partial charge in [0, 0.05) is 24.4 Å². The van der Waals surface area contributed by atoms with Crippen molar-refractivity contribution >= 4 is 28.9 Å². The van der Waals surface area contributed by atoms with Crippen molar-refractivity contribution in [2.24, 2.45) is 0 Å². The summed E-state index contributed by atoms with van der Waals surface area (Å²) in [5, 5.41) is 7.07. The highest BCUT2D eigenvalue weighted by atomic mass is 16.3. The lowest BCUT2D eigenvalue weighted by Crippen LogP contribution is -2.09. The first-order valence-electron chi connectivity index (χ1n) is 8.18. The number of hydrogen-bond acceptors (Lipinski definition) is 4. The number of benzene rings is 2. The Morgan fingerprint density at radius 2 is 1.88 bits per heavy atom. The maximum atomic E-state index is 12.1. The van der Waals surface area contributed by atoms with Gasteiger partial charge in [-0.25, -0.2) is 4.98 Å². The van der Waals surface area contributed by atoms with Crippen LogP contribution in [0.15, 0.2) is 77.4 Å². The van der Waals surface area contributed by atoms with Crippen LogP contribution in [0, 0.1) is 0 Å². The van der Waals surface area contributed by atoms with Crippen molar-refractivity contribution in [3.05, 3.63) is 84.4 Å². The van der Waals surface area contributed by atoms with E-state index in [0.29, 0.717) is 23.8 Å². The number of nitrogens with zero attached hydrogens (tertiary/aromatic N) is 3. The van der Waals surface area contributed by atoms with Gasteiger partial charge in [0.15, 0.2) is 11.4 Å². The summed E-state index contributed by atoms with van der Waals surface area (Å²) in [6.07, 6.45) is 4.74. The minimum Gasteiger partial charge on any atom is -0.437 e. The second-order valence-corrected chi connectivity index (χ2v) is 5.73. The molecule has 4 aromatic rings. The van der Waals surface area contributed by atoms with Crippen LogP contribution in [0.4, 0.5) is 5.82 Å². The second-order valence-electron chi connectivity index (χ2n) is 5.73. The van der Waals surface area contributed by atoms with Crippen LogP contribution in [-0.4, -0.2) is 20.7 Å². The number of amides is 1. The summed E-state index contributed by atoms with van der Waals surface area (Å²) in [4.78, 5) is 16.3. The molecule has 1 amide bonds. The third-order valence-corrected chi connectivity index (χ3v) is 3.77. The predicted octanol–water partition coefficient (Wildman–Crippen LogP) is 3.72. The summed E-state index contributed by atoms with van der Waals surface area (Å²) in [7, 11) is 0. The molecule has 0 aliphatic heterocycles. The van der Waals surface area contributed by atoms with E-state index in [9.17, 15) is 4.79 Å². The highest BCUT2D eigenvalue weighted by molar-refractivity contribution is 6.01. The Kier molecular flexibility index (Phi) is 4.30. The van der Waals surface area contributed by atoms with Crippen LogP contribution in [0.5, 0.6) is 0 Å². The van der Waals surface area contributed by atoms with E-state index in [2.05, 4.69) is 15.4 Å². The van der Waals surface area contributed by atoms with Crippen molar-refractivity contribution in [3.8, 4) is 0 Å². The van der Waals surface area contributed by atoms with E-state index in [4.69, 9.17) is 4.42 Å². The molecule has 0 unspecified atom stereocenters. The number of carbonyl (C=O) groups is 1. The molecule has 0 saturated heterocycles. The molecule has 0 fully saturated rings. The van der Waals surface area contributed by atoms with Crippen LogP contribution in [0.25, 0.3) is 17.2 Å². The molecular weight excluding hydrogens is 328 g/mol. The van der Waals surface area contributed by atoms with Gasteiger partial charge in [0.25, 0.3) is 0 Å². The summed E-state index contributed by atoms with van der Waals surface area (Å²) in [5.41, 5.74) is 2.59. The van der Waals surface area contributed by atoms with Gasteiger partial charge in [-0.3, -0.25) is 9.48 Å². The molecule has 0 aliphatic carbocycles. The first-order valence-corrected chi connectivity index (χ1v) is 8.18. The molecule has 26 heavy (non-hydrogen) atoms. The minimum absolute atomic E-state index is 0.294. The third kappa shape index (κ3) is 3.70. The molecule has 0 atom stereocenters. The first-order chi connectivity index (χ1) is 12.8. The van der Waals surface area contributed by atoms with E-state index in [0.717, 1.165) is 11.1 Å². The fourth-order valence-corrected chi connectivity index (χ4v) is 2.56. The Hall–Kier alpha value is -3.67. The van der Waals surface area contributed by atoms with Crippen molar-refractivity contribution in [2.45, 2.75) is 6.54 Å². The van der Waals surface area contributed by atoms with Gasteiger partial charge in [0.2, 0.25) is 11.8 Å². The number of oxazole rings is 1. The average Bonchev–Trinajstić information content (AvgIpc) is 3.27. The molecule has 128 valence electrons. The number of anilines is 1. The number of aromatic nitrogens is 3. The number of para-hydroxylation sites is 2. The Labute approximate surface area is 149 Å². The quantitative estimate of drug-likeness (QED) is 0.560. The summed E-state index contributed by atoms with van der Waals surface area (Å²) in [5.74, 6) is 0.585. The van der Waals surface area contributed by atoms with E-state index in [1.807, 2.05) is 60.8 Å². The van der Waals surface area contributed by atoms with Crippen molar-refractivity contribution < 1.29 is 9.21 Å². The summed E-state index contributed by atoms with van der Waals surface area (Å²) in [6, 6.07) is 19.2. The summed E-state index contributed by atoms with van der Waals surface area (Å²) < 4.78 is 7.31. The fraction of sp³-hybridized carbons (Fsp3) is 0.0500. The zero-order valence-electron chi connectivity index (χ0n) is 13.9. The van der Waals surface area contributed by atoms with Gasteiger partial charge >= 0.3 is 0 Å². The van der Waals surface area contributed by atoms with Gasteiger partial charge in [-0.2, -0.15) is 5.10 Å². The third-order valence-electron chi connectivity index (χ3n) is 3.77. The van der Waals surface area contributed by atoms with Crippen LogP contribution >= 0.6 is 0 Å². The molecule has 4 rings (SSSR count). The molecule has 6 heteroatoms. The van der Waals surface area contributed by atoms with Crippen LogP contribution < -0.4 is 5.32 Å². The molecule has 0 bridgehead atoms. The molecule has 2 aromatic heterocycles. The lowest BCUT2D eigenvalue weighted by atomic mass is 10.2. The van der Waals surface area contributed by atoms with Gasteiger partial charge in [-0.05, 0) is 17.7 Å². The number of hydrogen-bond donors (Lipinski definition) is 1. The Balaban J connectivity index is 1.38. The van der Waals surface area contributed by atoms with E-state index in [-0.39, 0.29) is 5.91 Å². The van der Waals surface area contributed by atoms with Crippen molar-refractivity contribution in [1.82, 2.24) is 14.8 Å². The molecule has 6 nitrogen and oxygen atoms in total. The number of carbonyl (C=O) groups excluding carboxylic acids is 1. The normalized spacial score (nSPS) is 11.2. The SMILES string of the molecule is O=C(C=Cc1nc2ccccc2o1)Nc1ccn(Cc2ccccc2)n1. The monoisotopic (exact) mass is 344 g/mol. The summed E-state index contributed by atoms with van der Waals surface area (Å²) >= 11 is 0. The Bertz CT molecular complexity index is 1030. The van der Waals surface area contributed by atoms with Crippen molar-refractivity contribution in [2.75, 3.05) is 5.32 Å². The number of nitrogens with one attached hydrogen (secondary N) is 1. The van der Waals surface area contributed by atoms with E-state index in [1.165, 1.54) is 12.2 Å². The van der Waals surface area contributed by atoms with Crippen molar-refractivity contribution in [1.29, 1.82) is 0 Å². The average molecular weight is 344 g/mol. The predicted molar refractivity (Wildman–Crippen MR) is 99.4 cm³/mol. The largest absolute Gasteiger partial charge is 0.437 e. The molecule has 2 heterocycles. The van der Waals surface area contributed by atoms with Gasteiger partial charge < -0.3 is 9.73 Å². The smallest absolute Gasteiger partial charge is 0.249 e. The highest BCUT2D eigenvalue weighted by Gasteiger charge is 2.05. The molecule has 0 aliphatic rings. The fourth-order valence-electron chi connectivity index (χ4n) is 2.56. The Morgan fingerprint density at radius 3 is 2.73 bits per heavy atom. The van der Waals surface area contributed by atoms with Crippen LogP contribution in [0.1, 0.15) is 11.5 Å². The highest BCUT2D eigenvalue weighted by Crippen LogP contribution is 2.15. The van der Waals surface area contributed by atoms with Gasteiger partial charge in [0.05, 0.1) is 6.54 Å². The van der Waals surface area contributed by atoms with Crippen LogP contribution in [-0.2, 0) is 11.3 Å². The molecular formula is C20H16N4O2. The summed E-state index contributed by atoms with van der Waals surface area (Å²) in [6.45, 7) is 0.648. The number of rotatable bonds is 5. The van der Waals surface area contributed by atoms with E-state index >= 15 is 0 Å². The lowest BCUT2D eigenvalue weighted by molar-refractivity contribution is -0.111. The number of fused-ring (bicyclic) bond motifs is 1. The zero-order chi connectivity index (χ0) is 17.8. The maximum Gasteiger partial charge on any atom is 0.249 e. The maximum absolute atomic E-state index is 12.1. The molecule has 0 radical (unpaired) electrons. The standard InChI is InChI=1S/C20H16N4O2/c25-19(10-11-20-21-16-8-4-5-9-17(16)26-20)22-18-12-13-24(23-18)14-15-6-2-1-3-7-15/h1-13H,14H2,(H,22,23,25). The zero-order valence-corrected chi connectivity index (χ0v) is 13.9. The van der Waals surface area contributed by atoms with Gasteiger partial charge in [-0.1, -0.05) is 42.5 Å². The van der Waals surface area contributed by atoms with Gasteiger partial charge in [-0.15, -0.1) is 0 Å². The Morgan fingerprint density at radius 1 is 1.08 bits per heavy atom. The topological polar surface area (TPSA) is 73.0 Å². The van der Waals surface area contributed by atoms with Crippen LogP contribution in [0.3, 0.4) is 0 Å². The lowest BCUT2D eigenvalue weighted by Gasteiger charge is -2.01. The minimum atomic E-state index is -0.294. The van der Waals surface area contributed by atoms with Crippen LogP contribution in [0.2, 0.25) is 0 Å². The van der Waals surface area contributed by atoms with E-state index in [1.54, 1.807) is 10.7 Å².